The number of aromatic amines is 1. The van der Waals surface area contributed by atoms with Crippen molar-refractivity contribution >= 4 is 40.9 Å². The Kier molecular flexibility index (Phi) is 6.22. The second kappa shape index (κ2) is 9.22. The number of halogens is 4. The van der Waals surface area contributed by atoms with Crippen LogP contribution in [0.3, 0.4) is 0 Å². The van der Waals surface area contributed by atoms with Gasteiger partial charge in [-0.1, -0.05) is 0 Å². The molecule has 3 aromatic heterocycles. The smallest absolute Gasteiger partial charge is 0.350 e. The molecule has 2 fully saturated rings. The van der Waals surface area contributed by atoms with Gasteiger partial charge >= 0.3 is 6.18 Å². The van der Waals surface area contributed by atoms with Gasteiger partial charge in [0.1, 0.15) is 35.4 Å². The highest BCUT2D eigenvalue weighted by atomic mass is 32.2. The van der Waals surface area contributed by atoms with Crippen LogP contribution in [-0.2, 0) is 4.79 Å². The maximum atomic E-state index is 14.9. The summed E-state index contributed by atoms with van der Waals surface area (Å²) in [7, 11) is 0. The highest BCUT2D eigenvalue weighted by Gasteiger charge is 2.54. The highest BCUT2D eigenvalue weighted by molar-refractivity contribution is 7.99. The number of nitrogens with zero attached hydrogens (tertiary/aromatic N) is 5. The summed E-state index contributed by atoms with van der Waals surface area (Å²) in [5, 5.41) is 12.6. The van der Waals surface area contributed by atoms with Crippen LogP contribution in [0, 0.1) is 12.8 Å². The Bertz CT molecular complexity index is 1260. The van der Waals surface area contributed by atoms with Crippen LogP contribution in [-0.4, -0.2) is 56.0 Å². The van der Waals surface area contributed by atoms with Crippen molar-refractivity contribution in [1.29, 1.82) is 0 Å². The van der Waals surface area contributed by atoms with Gasteiger partial charge in [-0.2, -0.15) is 18.3 Å². The van der Waals surface area contributed by atoms with Crippen molar-refractivity contribution < 1.29 is 22.4 Å². The molecule has 3 aromatic rings. The molecule has 0 unspecified atom stereocenters. The monoisotopic (exact) mass is 522 g/mol. The minimum atomic E-state index is -4.60. The quantitative estimate of drug-likeness (QED) is 0.290. The van der Waals surface area contributed by atoms with Gasteiger partial charge in [0.05, 0.1) is 18.8 Å². The van der Waals surface area contributed by atoms with Crippen molar-refractivity contribution in [3.05, 3.63) is 36.2 Å². The number of carbonyl (C=O) groups excluding carboxylic acids is 1. The van der Waals surface area contributed by atoms with Crippen LogP contribution in [0.5, 0.6) is 0 Å². The Morgan fingerprint density at radius 1 is 1.22 bits per heavy atom. The SMILES string of the molecule is Cc1cc(Nc2cc(N3CC(F)(C4CC4)C3)nc(Sc3ccc(NC(=O)CC(F)(F)F)nc3)n2)[nH]n1. The molecule has 1 amide bonds. The minimum absolute atomic E-state index is 0.000167. The Balaban J connectivity index is 1.31. The van der Waals surface area contributed by atoms with E-state index in [-0.39, 0.29) is 24.8 Å². The van der Waals surface area contributed by atoms with Gasteiger partial charge in [0.15, 0.2) is 5.16 Å². The Labute approximate surface area is 207 Å². The van der Waals surface area contributed by atoms with Crippen molar-refractivity contribution in [3.63, 3.8) is 0 Å². The molecular formula is C22H22F4N8OS. The third kappa shape index (κ3) is 5.86. The first-order valence-electron chi connectivity index (χ1n) is 11.2. The molecular weight excluding hydrogens is 500 g/mol. The van der Waals surface area contributed by atoms with E-state index in [4.69, 9.17) is 0 Å². The number of alkyl halides is 4. The topological polar surface area (TPSA) is 112 Å². The van der Waals surface area contributed by atoms with Crippen molar-refractivity contribution in [2.45, 2.75) is 48.1 Å². The lowest BCUT2D eigenvalue weighted by Crippen LogP contribution is -2.60. The predicted octanol–water partition coefficient (Wildman–Crippen LogP) is 4.63. The van der Waals surface area contributed by atoms with E-state index in [0.717, 1.165) is 18.5 Å². The standard InChI is InChI=1S/C22H22F4N8OS/c1-12-6-17(33-32-12)28-16-7-18(34-10-21(23,11-34)13-2-3-13)31-20(30-16)36-14-4-5-15(27-9-14)29-19(35)8-22(24,25)26/h4-7,9,13H,2-3,8,10-11H2,1H3,(H,27,29,35)(H2,28,30,31,32,33). The first-order valence-corrected chi connectivity index (χ1v) is 12.0. The maximum absolute atomic E-state index is 14.9. The fraction of sp³-hybridized carbons (Fsp3) is 0.409. The number of aromatic nitrogens is 5. The molecule has 1 aliphatic heterocycles. The third-order valence-corrected chi connectivity index (χ3v) is 6.62. The van der Waals surface area contributed by atoms with Gasteiger partial charge in [0.2, 0.25) is 5.91 Å². The van der Waals surface area contributed by atoms with E-state index < -0.39 is 24.2 Å². The fourth-order valence-electron chi connectivity index (χ4n) is 3.91. The van der Waals surface area contributed by atoms with Crippen LogP contribution in [0.25, 0.3) is 0 Å². The van der Waals surface area contributed by atoms with Crippen LogP contribution >= 0.6 is 11.8 Å². The van der Waals surface area contributed by atoms with Crippen molar-refractivity contribution in [2.24, 2.45) is 5.92 Å². The van der Waals surface area contributed by atoms with Crippen LogP contribution in [0.15, 0.2) is 40.5 Å². The van der Waals surface area contributed by atoms with Gasteiger partial charge in [0, 0.05) is 23.2 Å². The number of anilines is 4. The zero-order chi connectivity index (χ0) is 25.5. The first-order chi connectivity index (χ1) is 17.0. The van der Waals surface area contributed by atoms with Crippen LogP contribution in [0.1, 0.15) is 25.0 Å². The summed E-state index contributed by atoms with van der Waals surface area (Å²) < 4.78 is 52.0. The van der Waals surface area contributed by atoms with E-state index in [1.165, 1.54) is 24.0 Å². The van der Waals surface area contributed by atoms with Crippen LogP contribution < -0.4 is 15.5 Å². The summed E-state index contributed by atoms with van der Waals surface area (Å²) in [6.07, 6.45) is -2.95. The third-order valence-electron chi connectivity index (χ3n) is 5.78. The number of hydrogen-bond donors (Lipinski definition) is 3. The van der Waals surface area contributed by atoms with Gasteiger partial charge in [0.25, 0.3) is 0 Å². The molecule has 1 aliphatic carbocycles. The van der Waals surface area contributed by atoms with E-state index in [2.05, 4.69) is 35.8 Å². The summed E-state index contributed by atoms with van der Waals surface area (Å²) >= 11 is 1.18. The molecule has 0 aromatic carbocycles. The molecule has 14 heteroatoms. The molecule has 0 atom stereocenters. The number of nitrogens with one attached hydrogen (secondary N) is 3. The second-order valence-electron chi connectivity index (χ2n) is 8.93. The Morgan fingerprint density at radius 3 is 2.61 bits per heavy atom. The Hall–Kier alpha value is -3.42. The molecule has 3 N–H and O–H groups in total. The van der Waals surface area contributed by atoms with Gasteiger partial charge in [-0.25, -0.2) is 19.3 Å². The lowest BCUT2D eigenvalue weighted by Gasteiger charge is -2.45. The Morgan fingerprint density at radius 2 is 2.00 bits per heavy atom. The predicted molar refractivity (Wildman–Crippen MR) is 125 cm³/mol. The lowest BCUT2D eigenvalue weighted by atomic mass is 9.91. The lowest BCUT2D eigenvalue weighted by molar-refractivity contribution is -0.150. The van der Waals surface area contributed by atoms with E-state index in [0.29, 0.717) is 27.5 Å². The molecule has 0 bridgehead atoms. The van der Waals surface area contributed by atoms with Gasteiger partial charge < -0.3 is 15.5 Å². The van der Waals surface area contributed by atoms with Gasteiger partial charge in [-0.3, -0.25) is 9.89 Å². The fourth-order valence-corrected chi connectivity index (χ4v) is 4.64. The minimum Gasteiger partial charge on any atom is -0.350 e. The molecule has 5 rings (SSSR count). The van der Waals surface area contributed by atoms with Crippen LogP contribution in [0.4, 0.5) is 40.8 Å². The number of amides is 1. The summed E-state index contributed by atoms with van der Waals surface area (Å²) in [6, 6.07) is 6.54. The molecule has 190 valence electrons. The molecule has 2 aliphatic rings. The maximum Gasteiger partial charge on any atom is 0.397 e. The molecule has 36 heavy (non-hydrogen) atoms. The number of carbonyl (C=O) groups is 1. The van der Waals surface area contributed by atoms with Crippen molar-refractivity contribution in [1.82, 2.24) is 25.1 Å². The summed E-state index contributed by atoms with van der Waals surface area (Å²) in [5.41, 5.74) is -0.382. The van der Waals surface area contributed by atoms with Crippen LogP contribution in [0.2, 0.25) is 0 Å². The normalized spacial score (nSPS) is 17.0. The number of aryl methyl sites for hydroxylation is 1. The summed E-state index contributed by atoms with van der Waals surface area (Å²) in [6.45, 7) is 2.39. The van der Waals surface area contributed by atoms with E-state index >= 15 is 0 Å². The molecule has 9 nitrogen and oxygen atoms in total. The number of pyridine rings is 1. The highest BCUT2D eigenvalue weighted by Crippen LogP contribution is 2.48. The van der Waals surface area contributed by atoms with E-state index in [1.54, 1.807) is 12.1 Å². The average Bonchev–Trinajstić information content (AvgIpc) is 3.54. The van der Waals surface area contributed by atoms with Crippen molar-refractivity contribution in [3.8, 4) is 0 Å². The van der Waals surface area contributed by atoms with Gasteiger partial charge in [-0.15, -0.1) is 0 Å². The molecule has 4 heterocycles. The number of hydrogen-bond acceptors (Lipinski definition) is 8. The number of H-pyrrole nitrogens is 1. The first kappa shape index (κ1) is 24.3. The largest absolute Gasteiger partial charge is 0.397 e. The molecule has 0 spiro atoms. The summed E-state index contributed by atoms with van der Waals surface area (Å²) in [5.74, 6) is 0.620. The zero-order valence-electron chi connectivity index (χ0n) is 19.1. The molecule has 1 saturated heterocycles. The van der Waals surface area contributed by atoms with E-state index in [1.807, 2.05) is 17.9 Å². The zero-order valence-corrected chi connectivity index (χ0v) is 19.9. The molecule has 1 saturated carbocycles. The summed E-state index contributed by atoms with van der Waals surface area (Å²) in [4.78, 5) is 27.0. The van der Waals surface area contributed by atoms with E-state index in [9.17, 15) is 22.4 Å². The number of rotatable bonds is 8. The molecule has 0 radical (unpaired) electrons. The van der Waals surface area contributed by atoms with Gasteiger partial charge in [-0.05, 0) is 49.6 Å². The average molecular weight is 523 g/mol. The second-order valence-corrected chi connectivity index (χ2v) is 9.97. The van der Waals surface area contributed by atoms with Crippen molar-refractivity contribution in [2.75, 3.05) is 28.6 Å².